The van der Waals surface area contributed by atoms with Gasteiger partial charge >= 0.3 is 0 Å². The number of hydrogen-bond acceptors (Lipinski definition) is 7. The average Bonchev–Trinajstić information content (AvgIpc) is 3.00. The largest absolute Gasteiger partial charge is 0.394 e. The summed E-state index contributed by atoms with van der Waals surface area (Å²) < 4.78 is 1.01. The number of nitrogens with zero attached hydrogens (tertiary/aromatic N) is 2. The number of fused-ring (bicyclic) bond motifs is 1. The monoisotopic (exact) mass is 342 g/mol. The summed E-state index contributed by atoms with van der Waals surface area (Å²) in [7, 11) is 1.86. The normalized spacial score (nSPS) is 13.0. The van der Waals surface area contributed by atoms with Crippen LogP contribution in [0.4, 0.5) is 5.13 Å². The van der Waals surface area contributed by atoms with E-state index in [2.05, 4.69) is 27.0 Å². The Kier molecular flexibility index (Phi) is 6.61. The van der Waals surface area contributed by atoms with E-state index in [0.29, 0.717) is 18.7 Å². The third kappa shape index (κ3) is 4.98. The maximum Gasteiger partial charge on any atom is 0.184 e. The second-order valence-corrected chi connectivity index (χ2v) is 6.29. The van der Waals surface area contributed by atoms with Gasteiger partial charge in [-0.1, -0.05) is 11.3 Å². The second-order valence-electron chi connectivity index (χ2n) is 5.26. The standard InChI is InChI=1S/C17H22N6S/c1-12(10-18)22-14(5-7-20-2)6-8-21-17-23-15-4-3-13(11-19)9-16(15)24-17/h3-7,9,12,20,22H,8,10,18H2,1-2H3,(H,21,23)/b7-5-,14-6+. The lowest BCUT2D eigenvalue weighted by Gasteiger charge is -2.14. The van der Waals surface area contributed by atoms with Crippen LogP contribution in [0.25, 0.3) is 10.2 Å². The molecule has 0 saturated heterocycles. The van der Waals surface area contributed by atoms with Crippen molar-refractivity contribution in [3.05, 3.63) is 47.8 Å². The first-order valence-corrected chi connectivity index (χ1v) is 8.53. The smallest absolute Gasteiger partial charge is 0.184 e. The molecular weight excluding hydrogens is 320 g/mol. The van der Waals surface area contributed by atoms with Crippen molar-refractivity contribution in [1.29, 1.82) is 5.26 Å². The van der Waals surface area contributed by atoms with E-state index in [0.717, 1.165) is 21.0 Å². The molecule has 1 unspecified atom stereocenters. The summed E-state index contributed by atoms with van der Waals surface area (Å²) in [6, 6.07) is 7.86. The molecule has 0 spiro atoms. The Morgan fingerprint density at radius 2 is 2.33 bits per heavy atom. The van der Waals surface area contributed by atoms with Gasteiger partial charge in [0.05, 0.1) is 21.8 Å². The fraction of sp³-hybridized carbons (Fsp3) is 0.294. The van der Waals surface area contributed by atoms with E-state index in [-0.39, 0.29) is 6.04 Å². The minimum absolute atomic E-state index is 0.199. The van der Waals surface area contributed by atoms with Crippen LogP contribution in [0.15, 0.2) is 42.2 Å². The van der Waals surface area contributed by atoms with Crippen molar-refractivity contribution in [2.45, 2.75) is 13.0 Å². The molecule has 0 aliphatic heterocycles. The zero-order valence-corrected chi connectivity index (χ0v) is 14.7. The summed E-state index contributed by atoms with van der Waals surface area (Å²) in [4.78, 5) is 4.52. The van der Waals surface area contributed by atoms with Gasteiger partial charge in [-0.15, -0.1) is 0 Å². The number of nitrogens with two attached hydrogens (primary N) is 1. The molecule has 0 aliphatic carbocycles. The van der Waals surface area contributed by atoms with Gasteiger partial charge in [-0.05, 0) is 43.5 Å². The Morgan fingerprint density at radius 1 is 1.50 bits per heavy atom. The van der Waals surface area contributed by atoms with Crippen molar-refractivity contribution >= 4 is 26.7 Å². The fourth-order valence-electron chi connectivity index (χ4n) is 2.01. The van der Waals surface area contributed by atoms with Crippen LogP contribution in [-0.2, 0) is 0 Å². The van der Waals surface area contributed by atoms with E-state index < -0.39 is 0 Å². The van der Waals surface area contributed by atoms with Crippen LogP contribution < -0.4 is 21.7 Å². The first-order chi connectivity index (χ1) is 11.7. The van der Waals surface area contributed by atoms with Crippen LogP contribution in [0.3, 0.4) is 0 Å². The number of allylic oxidation sites excluding steroid dienone is 1. The number of hydrogen-bond donors (Lipinski definition) is 4. The van der Waals surface area contributed by atoms with Crippen LogP contribution in [-0.4, -0.2) is 31.2 Å². The van der Waals surface area contributed by atoms with E-state index in [1.54, 1.807) is 17.4 Å². The summed E-state index contributed by atoms with van der Waals surface area (Å²) in [5.74, 6) is 0. The first-order valence-electron chi connectivity index (χ1n) is 7.71. The number of nitriles is 1. The Balaban J connectivity index is 2.04. The van der Waals surface area contributed by atoms with Crippen LogP contribution in [0, 0.1) is 11.3 Å². The van der Waals surface area contributed by atoms with Gasteiger partial charge in [0.2, 0.25) is 0 Å². The molecule has 0 aliphatic rings. The zero-order valence-electron chi connectivity index (χ0n) is 13.8. The molecule has 1 atom stereocenters. The van der Waals surface area contributed by atoms with E-state index in [4.69, 9.17) is 11.0 Å². The molecule has 0 amide bonds. The van der Waals surface area contributed by atoms with Crippen molar-refractivity contribution in [2.75, 3.05) is 25.5 Å². The minimum Gasteiger partial charge on any atom is -0.394 e. The summed E-state index contributed by atoms with van der Waals surface area (Å²) >= 11 is 1.54. The van der Waals surface area contributed by atoms with E-state index >= 15 is 0 Å². The molecule has 1 aromatic heterocycles. The molecule has 126 valence electrons. The lowest BCUT2D eigenvalue weighted by atomic mass is 10.2. The average molecular weight is 342 g/mol. The van der Waals surface area contributed by atoms with Gasteiger partial charge in [0, 0.05) is 31.9 Å². The third-order valence-electron chi connectivity index (χ3n) is 3.29. The Morgan fingerprint density at radius 3 is 3.04 bits per heavy atom. The molecule has 1 heterocycles. The molecule has 24 heavy (non-hydrogen) atoms. The maximum atomic E-state index is 8.95. The van der Waals surface area contributed by atoms with E-state index in [9.17, 15) is 0 Å². The van der Waals surface area contributed by atoms with Crippen LogP contribution >= 0.6 is 11.3 Å². The summed E-state index contributed by atoms with van der Waals surface area (Å²) in [6.45, 7) is 3.24. The first kappa shape index (κ1) is 17.8. The molecule has 0 radical (unpaired) electrons. The minimum atomic E-state index is 0.199. The molecule has 5 N–H and O–H groups in total. The predicted molar refractivity (Wildman–Crippen MR) is 101 cm³/mol. The van der Waals surface area contributed by atoms with Crippen molar-refractivity contribution in [3.8, 4) is 6.07 Å². The zero-order chi connectivity index (χ0) is 17.4. The Hall–Kier alpha value is -2.56. The highest BCUT2D eigenvalue weighted by Crippen LogP contribution is 2.26. The van der Waals surface area contributed by atoms with E-state index in [1.165, 1.54) is 0 Å². The number of benzene rings is 1. The lowest BCUT2D eigenvalue weighted by Crippen LogP contribution is -2.32. The molecule has 7 heteroatoms. The van der Waals surface area contributed by atoms with Gasteiger partial charge in [0.25, 0.3) is 0 Å². The molecule has 0 saturated carbocycles. The Labute approximate surface area is 146 Å². The van der Waals surface area contributed by atoms with Gasteiger partial charge in [-0.3, -0.25) is 0 Å². The third-order valence-corrected chi connectivity index (χ3v) is 4.26. The van der Waals surface area contributed by atoms with Crippen LogP contribution in [0.2, 0.25) is 0 Å². The quantitative estimate of drug-likeness (QED) is 0.549. The highest BCUT2D eigenvalue weighted by molar-refractivity contribution is 7.22. The number of aromatic nitrogens is 1. The highest BCUT2D eigenvalue weighted by Gasteiger charge is 2.04. The van der Waals surface area contributed by atoms with Gasteiger partial charge in [-0.25, -0.2) is 4.98 Å². The second kappa shape index (κ2) is 8.91. The lowest BCUT2D eigenvalue weighted by molar-refractivity contribution is 0.631. The number of rotatable bonds is 8. The van der Waals surface area contributed by atoms with Gasteiger partial charge in [0.1, 0.15) is 0 Å². The molecule has 1 aromatic carbocycles. The maximum absolute atomic E-state index is 8.95. The molecule has 2 aromatic rings. The fourth-order valence-corrected chi connectivity index (χ4v) is 2.92. The number of nitrogens with one attached hydrogen (secondary N) is 3. The summed E-state index contributed by atoms with van der Waals surface area (Å²) in [5, 5.41) is 19.4. The van der Waals surface area contributed by atoms with Crippen LogP contribution in [0.5, 0.6) is 0 Å². The topological polar surface area (TPSA) is 98.8 Å². The highest BCUT2D eigenvalue weighted by atomic mass is 32.1. The predicted octanol–water partition coefficient (Wildman–Crippen LogP) is 2.13. The van der Waals surface area contributed by atoms with Crippen molar-refractivity contribution < 1.29 is 0 Å². The van der Waals surface area contributed by atoms with Crippen molar-refractivity contribution in [1.82, 2.24) is 15.6 Å². The van der Waals surface area contributed by atoms with Gasteiger partial charge in [-0.2, -0.15) is 5.26 Å². The van der Waals surface area contributed by atoms with Gasteiger partial charge < -0.3 is 21.7 Å². The van der Waals surface area contributed by atoms with Crippen molar-refractivity contribution in [3.63, 3.8) is 0 Å². The molecule has 2 rings (SSSR count). The SMILES string of the molecule is CN/C=C\C(=C/CNc1nc2ccc(C#N)cc2s1)NC(C)CN. The Bertz CT molecular complexity index is 771. The van der Waals surface area contributed by atoms with Gasteiger partial charge in [0.15, 0.2) is 5.13 Å². The molecule has 0 bridgehead atoms. The molecule has 6 nitrogen and oxygen atoms in total. The van der Waals surface area contributed by atoms with E-state index in [1.807, 2.05) is 44.5 Å². The van der Waals surface area contributed by atoms with Crippen LogP contribution in [0.1, 0.15) is 12.5 Å². The molecular formula is C17H22N6S. The number of thiazole rings is 1. The van der Waals surface area contributed by atoms with Crippen molar-refractivity contribution in [2.24, 2.45) is 5.73 Å². The summed E-state index contributed by atoms with van der Waals surface area (Å²) in [5.41, 5.74) is 8.20. The number of anilines is 1. The summed E-state index contributed by atoms with van der Waals surface area (Å²) in [6.07, 6.45) is 5.88. The molecule has 0 fully saturated rings.